The molecule has 0 aliphatic carbocycles. The SMILES string of the molecule is COc1cc(-c2nnc(SCCN3CCOCC3)o2)cc(OC)c1OC. The molecular weight excluding hydrogens is 358 g/mol. The molecule has 2 aromatic rings. The van der Waals surface area contributed by atoms with Crippen molar-refractivity contribution in [3.8, 4) is 28.7 Å². The van der Waals surface area contributed by atoms with Crippen LogP contribution in [-0.4, -0.2) is 75.0 Å². The first kappa shape index (κ1) is 18.8. The van der Waals surface area contributed by atoms with Crippen LogP contribution in [0.15, 0.2) is 21.8 Å². The summed E-state index contributed by atoms with van der Waals surface area (Å²) in [7, 11) is 4.71. The van der Waals surface area contributed by atoms with Crippen LogP contribution in [0.3, 0.4) is 0 Å². The standard InChI is InChI=1S/C17H23N3O5S/c1-21-13-10-12(11-14(22-2)15(13)23-3)16-18-19-17(25-16)26-9-6-20-4-7-24-8-5-20/h10-11H,4-9H2,1-3H3. The van der Waals surface area contributed by atoms with Gasteiger partial charge in [0.25, 0.3) is 5.22 Å². The lowest BCUT2D eigenvalue weighted by Crippen LogP contribution is -2.37. The summed E-state index contributed by atoms with van der Waals surface area (Å²) in [5.74, 6) is 2.91. The average molecular weight is 381 g/mol. The van der Waals surface area contributed by atoms with Crippen LogP contribution in [0.4, 0.5) is 0 Å². The minimum atomic E-state index is 0.415. The molecule has 0 bridgehead atoms. The topological polar surface area (TPSA) is 79.1 Å². The number of hydrogen-bond acceptors (Lipinski definition) is 9. The number of morpholine rings is 1. The fourth-order valence-corrected chi connectivity index (χ4v) is 3.44. The zero-order chi connectivity index (χ0) is 18.4. The third-order valence-electron chi connectivity index (χ3n) is 4.05. The minimum Gasteiger partial charge on any atom is -0.493 e. The van der Waals surface area contributed by atoms with Crippen molar-refractivity contribution in [2.45, 2.75) is 5.22 Å². The second-order valence-corrected chi connectivity index (χ2v) is 6.64. The number of benzene rings is 1. The highest BCUT2D eigenvalue weighted by molar-refractivity contribution is 7.99. The van der Waals surface area contributed by atoms with Gasteiger partial charge in [0.2, 0.25) is 11.6 Å². The molecule has 0 unspecified atom stereocenters. The van der Waals surface area contributed by atoms with E-state index in [9.17, 15) is 0 Å². The van der Waals surface area contributed by atoms with Crippen LogP contribution in [-0.2, 0) is 4.74 Å². The Hall–Kier alpha value is -1.97. The molecule has 1 fully saturated rings. The summed E-state index contributed by atoms with van der Waals surface area (Å²) in [6.45, 7) is 4.52. The summed E-state index contributed by atoms with van der Waals surface area (Å²) >= 11 is 1.55. The first-order valence-corrected chi connectivity index (χ1v) is 9.30. The van der Waals surface area contributed by atoms with Gasteiger partial charge in [-0.1, -0.05) is 11.8 Å². The first-order chi connectivity index (χ1) is 12.7. The molecule has 1 aliphatic heterocycles. The second-order valence-electron chi connectivity index (χ2n) is 5.59. The van der Waals surface area contributed by atoms with Crippen LogP contribution in [0.2, 0.25) is 0 Å². The molecule has 3 rings (SSSR count). The minimum absolute atomic E-state index is 0.415. The molecule has 1 aliphatic rings. The maximum Gasteiger partial charge on any atom is 0.276 e. The Kier molecular flexibility index (Phi) is 6.59. The predicted octanol–water partition coefficient (Wildman–Crippen LogP) is 2.19. The van der Waals surface area contributed by atoms with Gasteiger partial charge < -0.3 is 23.4 Å². The Labute approximate surface area is 156 Å². The van der Waals surface area contributed by atoms with Gasteiger partial charge in [-0.15, -0.1) is 10.2 Å². The fraction of sp³-hybridized carbons (Fsp3) is 0.529. The van der Waals surface area contributed by atoms with Gasteiger partial charge in [0, 0.05) is 31.0 Å². The van der Waals surface area contributed by atoms with Gasteiger partial charge in [-0.3, -0.25) is 4.90 Å². The lowest BCUT2D eigenvalue weighted by molar-refractivity contribution is 0.0410. The third kappa shape index (κ3) is 4.40. The molecular formula is C17H23N3O5S. The Balaban J connectivity index is 1.67. The van der Waals surface area contributed by atoms with Crippen molar-refractivity contribution in [3.63, 3.8) is 0 Å². The van der Waals surface area contributed by atoms with E-state index in [1.165, 1.54) is 0 Å². The maximum absolute atomic E-state index is 5.78. The number of nitrogens with zero attached hydrogens (tertiary/aromatic N) is 3. The fourth-order valence-electron chi connectivity index (χ4n) is 2.68. The lowest BCUT2D eigenvalue weighted by Gasteiger charge is -2.25. The van der Waals surface area contributed by atoms with Crippen LogP contribution >= 0.6 is 11.8 Å². The largest absolute Gasteiger partial charge is 0.493 e. The number of rotatable bonds is 8. The van der Waals surface area contributed by atoms with Gasteiger partial charge in [-0.2, -0.15) is 0 Å². The number of thioether (sulfide) groups is 1. The van der Waals surface area contributed by atoms with E-state index in [0.717, 1.165) is 38.6 Å². The molecule has 1 aromatic heterocycles. The predicted molar refractivity (Wildman–Crippen MR) is 97.4 cm³/mol. The molecule has 1 saturated heterocycles. The van der Waals surface area contributed by atoms with Crippen LogP contribution in [0.5, 0.6) is 17.2 Å². The van der Waals surface area contributed by atoms with Crippen molar-refractivity contribution in [3.05, 3.63) is 12.1 Å². The molecule has 26 heavy (non-hydrogen) atoms. The molecule has 142 valence electrons. The van der Waals surface area contributed by atoms with Gasteiger partial charge >= 0.3 is 0 Å². The average Bonchev–Trinajstić information content (AvgIpc) is 3.16. The van der Waals surface area contributed by atoms with Crippen LogP contribution in [0.25, 0.3) is 11.5 Å². The highest BCUT2D eigenvalue weighted by Crippen LogP contribution is 2.41. The maximum atomic E-state index is 5.78. The van der Waals surface area contributed by atoms with E-state index in [4.69, 9.17) is 23.4 Å². The van der Waals surface area contributed by atoms with Crippen molar-refractivity contribution in [2.24, 2.45) is 0 Å². The Bertz CT molecular complexity index is 693. The van der Waals surface area contributed by atoms with Crippen molar-refractivity contribution >= 4 is 11.8 Å². The van der Waals surface area contributed by atoms with Crippen molar-refractivity contribution in [1.29, 1.82) is 0 Å². The summed E-state index contributed by atoms with van der Waals surface area (Å²) in [6.07, 6.45) is 0. The lowest BCUT2D eigenvalue weighted by atomic mass is 10.2. The monoisotopic (exact) mass is 381 g/mol. The first-order valence-electron chi connectivity index (χ1n) is 8.32. The smallest absolute Gasteiger partial charge is 0.276 e. The Morgan fingerprint density at radius 2 is 1.73 bits per heavy atom. The van der Waals surface area contributed by atoms with Crippen molar-refractivity contribution < 1.29 is 23.4 Å². The molecule has 2 heterocycles. The Morgan fingerprint density at radius 3 is 2.35 bits per heavy atom. The number of hydrogen-bond donors (Lipinski definition) is 0. The molecule has 8 nitrogen and oxygen atoms in total. The van der Waals surface area contributed by atoms with E-state index in [2.05, 4.69) is 15.1 Å². The molecule has 0 N–H and O–H groups in total. The molecule has 9 heteroatoms. The number of ether oxygens (including phenoxy) is 4. The highest BCUT2D eigenvalue weighted by atomic mass is 32.2. The summed E-state index contributed by atoms with van der Waals surface area (Å²) in [5, 5.41) is 8.80. The quantitative estimate of drug-likeness (QED) is 0.639. The second kappa shape index (κ2) is 9.11. The van der Waals surface area contributed by atoms with E-state index < -0.39 is 0 Å². The zero-order valence-corrected chi connectivity index (χ0v) is 16.0. The van der Waals surface area contributed by atoms with Gasteiger partial charge in [-0.05, 0) is 12.1 Å². The van der Waals surface area contributed by atoms with Gasteiger partial charge in [0.15, 0.2) is 11.5 Å². The normalized spacial score (nSPS) is 15.0. The molecule has 0 amide bonds. The summed E-state index contributed by atoms with van der Waals surface area (Å²) in [5.41, 5.74) is 0.715. The zero-order valence-electron chi connectivity index (χ0n) is 15.2. The molecule has 1 aromatic carbocycles. The van der Waals surface area contributed by atoms with E-state index in [-0.39, 0.29) is 0 Å². The van der Waals surface area contributed by atoms with E-state index in [0.29, 0.717) is 33.9 Å². The van der Waals surface area contributed by atoms with Crippen molar-refractivity contribution in [2.75, 3.05) is 59.9 Å². The van der Waals surface area contributed by atoms with Crippen LogP contribution in [0, 0.1) is 0 Å². The van der Waals surface area contributed by atoms with Crippen LogP contribution in [0.1, 0.15) is 0 Å². The van der Waals surface area contributed by atoms with Crippen LogP contribution < -0.4 is 14.2 Å². The molecule has 0 atom stereocenters. The van der Waals surface area contributed by atoms with Gasteiger partial charge in [-0.25, -0.2) is 0 Å². The highest BCUT2D eigenvalue weighted by Gasteiger charge is 2.18. The third-order valence-corrected chi connectivity index (χ3v) is 4.85. The summed E-state index contributed by atoms with van der Waals surface area (Å²) in [6, 6.07) is 3.58. The number of aromatic nitrogens is 2. The number of methoxy groups -OCH3 is 3. The van der Waals surface area contributed by atoms with E-state index in [1.807, 2.05) is 0 Å². The van der Waals surface area contributed by atoms with Crippen molar-refractivity contribution in [1.82, 2.24) is 15.1 Å². The van der Waals surface area contributed by atoms with Gasteiger partial charge in [0.05, 0.1) is 34.5 Å². The van der Waals surface area contributed by atoms with E-state index >= 15 is 0 Å². The Morgan fingerprint density at radius 1 is 1.04 bits per heavy atom. The summed E-state index contributed by atoms with van der Waals surface area (Å²) in [4.78, 5) is 2.37. The molecule has 0 radical (unpaired) electrons. The van der Waals surface area contributed by atoms with Gasteiger partial charge in [0.1, 0.15) is 0 Å². The molecule has 0 saturated carbocycles. The summed E-state index contributed by atoms with van der Waals surface area (Å²) < 4.78 is 27.2. The molecule has 0 spiro atoms. The van der Waals surface area contributed by atoms with E-state index in [1.54, 1.807) is 45.2 Å².